The monoisotopic (exact) mass is 349 g/mol. The van der Waals surface area contributed by atoms with Gasteiger partial charge >= 0.3 is 5.97 Å². The number of anilines is 1. The molecule has 2 aromatic carbocycles. The van der Waals surface area contributed by atoms with E-state index < -0.39 is 23.8 Å². The minimum Gasteiger partial charge on any atom is -0.449 e. The first-order chi connectivity index (χ1) is 11.3. The normalized spacial score (nSPS) is 11.7. The summed E-state index contributed by atoms with van der Waals surface area (Å²) in [6, 6.07) is 8.89. The van der Waals surface area contributed by atoms with Crippen molar-refractivity contribution in [2.75, 3.05) is 5.32 Å². The summed E-state index contributed by atoms with van der Waals surface area (Å²) in [5, 5.41) is 2.57. The van der Waals surface area contributed by atoms with Crippen LogP contribution in [0.4, 0.5) is 10.1 Å². The zero-order valence-corrected chi connectivity index (χ0v) is 14.3. The molecule has 0 radical (unpaired) electrons. The molecule has 0 bridgehead atoms. The van der Waals surface area contributed by atoms with Gasteiger partial charge in [-0.1, -0.05) is 23.7 Å². The van der Waals surface area contributed by atoms with E-state index in [-0.39, 0.29) is 10.7 Å². The summed E-state index contributed by atoms with van der Waals surface area (Å²) in [5.41, 5.74) is 2.42. The highest BCUT2D eigenvalue weighted by Crippen LogP contribution is 2.23. The Bertz CT molecular complexity index is 792. The van der Waals surface area contributed by atoms with Crippen LogP contribution >= 0.6 is 11.6 Å². The predicted molar refractivity (Wildman–Crippen MR) is 90.8 cm³/mol. The first-order valence-corrected chi connectivity index (χ1v) is 7.70. The number of ether oxygens (including phenoxy) is 1. The molecule has 0 heterocycles. The Balaban J connectivity index is 2.06. The van der Waals surface area contributed by atoms with Crippen LogP contribution in [0, 0.1) is 19.7 Å². The maximum Gasteiger partial charge on any atom is 0.339 e. The van der Waals surface area contributed by atoms with Crippen LogP contribution < -0.4 is 5.32 Å². The van der Waals surface area contributed by atoms with Crippen LogP contribution in [0.2, 0.25) is 5.02 Å². The first kappa shape index (κ1) is 17.9. The second kappa shape index (κ2) is 7.45. The number of benzene rings is 2. The Labute approximate surface area is 144 Å². The van der Waals surface area contributed by atoms with Crippen LogP contribution in [0.1, 0.15) is 28.4 Å². The van der Waals surface area contributed by atoms with E-state index in [0.29, 0.717) is 5.56 Å². The van der Waals surface area contributed by atoms with Gasteiger partial charge in [-0.15, -0.1) is 0 Å². The average Bonchev–Trinajstić information content (AvgIpc) is 2.52. The van der Waals surface area contributed by atoms with Gasteiger partial charge < -0.3 is 10.1 Å². The van der Waals surface area contributed by atoms with E-state index in [1.807, 2.05) is 19.9 Å². The molecule has 126 valence electrons. The van der Waals surface area contributed by atoms with Crippen molar-refractivity contribution >= 4 is 29.2 Å². The van der Waals surface area contributed by atoms with Crippen LogP contribution in [-0.4, -0.2) is 18.0 Å². The summed E-state index contributed by atoms with van der Waals surface area (Å²) in [6.45, 7) is 5.16. The molecule has 2 rings (SSSR count). The third kappa shape index (κ3) is 4.11. The van der Waals surface area contributed by atoms with E-state index >= 15 is 0 Å². The van der Waals surface area contributed by atoms with Gasteiger partial charge in [0.1, 0.15) is 5.82 Å². The molecule has 2 aromatic rings. The molecule has 24 heavy (non-hydrogen) atoms. The van der Waals surface area contributed by atoms with Crippen molar-refractivity contribution in [3.63, 3.8) is 0 Å². The lowest BCUT2D eigenvalue weighted by Gasteiger charge is -2.15. The zero-order valence-electron chi connectivity index (χ0n) is 13.5. The molecule has 4 nitrogen and oxygen atoms in total. The van der Waals surface area contributed by atoms with Crippen molar-refractivity contribution in [3.8, 4) is 0 Å². The number of hydrogen-bond acceptors (Lipinski definition) is 3. The Kier molecular flexibility index (Phi) is 5.57. The smallest absolute Gasteiger partial charge is 0.339 e. The standard InChI is InChI=1S/C18H17ClFNO3/c1-10-5-4-6-14(11(10)2)18(23)24-12(3)17(22)21-16-8-7-13(20)9-15(16)19/h4-9,12H,1-3H3,(H,21,22)/t12-/m1/s1. The predicted octanol–water partition coefficient (Wildman–Crippen LogP) is 4.28. The number of halogens is 2. The fourth-order valence-electron chi connectivity index (χ4n) is 2.08. The Morgan fingerprint density at radius 1 is 1.21 bits per heavy atom. The number of aryl methyl sites for hydroxylation is 1. The second-order valence-electron chi connectivity index (χ2n) is 5.41. The minimum absolute atomic E-state index is 0.0661. The molecule has 0 saturated carbocycles. The molecule has 1 atom stereocenters. The van der Waals surface area contributed by atoms with Gasteiger partial charge in [-0.25, -0.2) is 9.18 Å². The van der Waals surface area contributed by atoms with Crippen LogP contribution in [0.25, 0.3) is 0 Å². The summed E-state index contributed by atoms with van der Waals surface area (Å²) in [4.78, 5) is 24.3. The molecule has 0 aliphatic rings. The van der Waals surface area contributed by atoms with Crippen LogP contribution in [0.15, 0.2) is 36.4 Å². The largest absolute Gasteiger partial charge is 0.449 e. The first-order valence-electron chi connectivity index (χ1n) is 7.32. The summed E-state index contributed by atoms with van der Waals surface area (Å²) in [6.07, 6.45) is -1.03. The van der Waals surface area contributed by atoms with Crippen molar-refractivity contribution in [3.05, 3.63) is 63.9 Å². The van der Waals surface area contributed by atoms with Gasteiger partial charge in [0.05, 0.1) is 16.3 Å². The quantitative estimate of drug-likeness (QED) is 0.838. The topological polar surface area (TPSA) is 55.4 Å². The molecule has 0 fully saturated rings. The molecule has 0 unspecified atom stereocenters. The van der Waals surface area contributed by atoms with Gasteiger partial charge in [0.2, 0.25) is 0 Å². The van der Waals surface area contributed by atoms with Crippen LogP contribution in [0.3, 0.4) is 0 Å². The number of carbonyl (C=O) groups excluding carboxylic acids is 2. The van der Waals surface area contributed by atoms with Gasteiger partial charge in [0.15, 0.2) is 6.10 Å². The number of hydrogen-bond donors (Lipinski definition) is 1. The molecule has 1 N–H and O–H groups in total. The van der Waals surface area contributed by atoms with Crippen molar-refractivity contribution < 1.29 is 18.7 Å². The number of nitrogens with one attached hydrogen (secondary N) is 1. The summed E-state index contributed by atoms with van der Waals surface area (Å²) < 4.78 is 18.2. The van der Waals surface area contributed by atoms with Gasteiger partial charge in [-0.2, -0.15) is 0 Å². The van der Waals surface area contributed by atoms with Gasteiger partial charge in [0, 0.05) is 0 Å². The summed E-state index contributed by atoms with van der Waals surface area (Å²) in [5.74, 6) is -1.64. The molecular formula is C18H17ClFNO3. The van der Waals surface area contributed by atoms with E-state index in [2.05, 4.69) is 5.32 Å². The van der Waals surface area contributed by atoms with Crippen molar-refractivity contribution in [2.45, 2.75) is 26.9 Å². The Morgan fingerprint density at radius 2 is 1.92 bits per heavy atom. The molecule has 0 saturated heterocycles. The highest BCUT2D eigenvalue weighted by Gasteiger charge is 2.21. The lowest BCUT2D eigenvalue weighted by molar-refractivity contribution is -0.123. The zero-order chi connectivity index (χ0) is 17.9. The molecule has 1 amide bonds. The van der Waals surface area contributed by atoms with E-state index in [9.17, 15) is 14.0 Å². The highest BCUT2D eigenvalue weighted by atomic mass is 35.5. The van der Waals surface area contributed by atoms with Crippen LogP contribution in [-0.2, 0) is 9.53 Å². The number of esters is 1. The van der Waals surface area contributed by atoms with Gasteiger partial charge in [-0.05, 0) is 56.2 Å². The van der Waals surface area contributed by atoms with E-state index in [1.54, 1.807) is 12.1 Å². The minimum atomic E-state index is -1.03. The Hall–Kier alpha value is -2.40. The maximum atomic E-state index is 13.0. The van der Waals surface area contributed by atoms with Gasteiger partial charge in [-0.3, -0.25) is 4.79 Å². The fraction of sp³-hybridized carbons (Fsp3) is 0.222. The second-order valence-corrected chi connectivity index (χ2v) is 5.82. The third-order valence-corrected chi connectivity index (χ3v) is 3.98. The van der Waals surface area contributed by atoms with Crippen molar-refractivity contribution in [2.24, 2.45) is 0 Å². The van der Waals surface area contributed by atoms with Crippen molar-refractivity contribution in [1.29, 1.82) is 0 Å². The van der Waals surface area contributed by atoms with Gasteiger partial charge in [0.25, 0.3) is 5.91 Å². The lowest BCUT2D eigenvalue weighted by Crippen LogP contribution is -2.30. The molecule has 0 aliphatic heterocycles. The number of amides is 1. The fourth-order valence-corrected chi connectivity index (χ4v) is 2.29. The molecule has 6 heteroatoms. The Morgan fingerprint density at radius 3 is 2.58 bits per heavy atom. The summed E-state index contributed by atoms with van der Waals surface area (Å²) >= 11 is 5.86. The average molecular weight is 350 g/mol. The third-order valence-electron chi connectivity index (χ3n) is 3.67. The molecule has 0 spiro atoms. The van der Waals surface area contributed by atoms with Crippen molar-refractivity contribution in [1.82, 2.24) is 0 Å². The number of rotatable bonds is 4. The molecule has 0 aliphatic carbocycles. The lowest BCUT2D eigenvalue weighted by atomic mass is 10.0. The molecular weight excluding hydrogens is 333 g/mol. The van der Waals surface area contributed by atoms with E-state index in [4.69, 9.17) is 16.3 Å². The maximum absolute atomic E-state index is 13.0. The van der Waals surface area contributed by atoms with E-state index in [0.717, 1.165) is 17.2 Å². The summed E-state index contributed by atoms with van der Waals surface area (Å²) in [7, 11) is 0. The van der Waals surface area contributed by atoms with Crippen LogP contribution in [0.5, 0.6) is 0 Å². The molecule has 0 aromatic heterocycles. The SMILES string of the molecule is Cc1cccc(C(=O)O[C@H](C)C(=O)Nc2ccc(F)cc2Cl)c1C. The van der Waals surface area contributed by atoms with E-state index in [1.165, 1.54) is 19.1 Å². The number of carbonyl (C=O) groups is 2. The highest BCUT2D eigenvalue weighted by molar-refractivity contribution is 6.33.